The minimum Gasteiger partial charge on any atom is -0.497 e. The average molecular weight is 376 g/mol. The van der Waals surface area contributed by atoms with Crippen molar-refractivity contribution in [3.63, 3.8) is 0 Å². The van der Waals surface area contributed by atoms with Gasteiger partial charge in [0.2, 0.25) is 11.8 Å². The number of β-lactam (4-membered cyclic amide) rings is 1. The summed E-state index contributed by atoms with van der Waals surface area (Å²) in [6.45, 7) is 5.38. The summed E-state index contributed by atoms with van der Waals surface area (Å²) in [5.74, 6) is 0.186. The number of nitrogens with one attached hydrogen (secondary N) is 1. The third kappa shape index (κ3) is 3.41. The molecule has 3 atom stereocenters. The van der Waals surface area contributed by atoms with Crippen molar-refractivity contribution in [1.29, 1.82) is 0 Å². The normalized spacial score (nSPS) is 24.4. The first kappa shape index (κ1) is 18.3. The molecule has 0 radical (unpaired) electrons. The van der Waals surface area contributed by atoms with Crippen LogP contribution in [0.1, 0.15) is 12.5 Å². The maximum atomic E-state index is 12.6. The molecule has 2 amide bonds. The van der Waals surface area contributed by atoms with Crippen LogP contribution in [0.15, 0.2) is 36.4 Å². The second kappa shape index (κ2) is 7.41. The molecule has 138 valence electrons. The Kier molecular flexibility index (Phi) is 5.22. The lowest BCUT2D eigenvalue weighted by atomic mass is 9.98. The van der Waals surface area contributed by atoms with Gasteiger partial charge in [-0.05, 0) is 23.3 Å². The van der Waals surface area contributed by atoms with Gasteiger partial charge in [-0.15, -0.1) is 11.8 Å². The van der Waals surface area contributed by atoms with E-state index < -0.39 is 18.1 Å². The number of rotatable bonds is 5. The molecule has 1 aromatic rings. The lowest BCUT2D eigenvalue weighted by Crippen LogP contribution is -2.74. The SMILES string of the molecule is C=C1CS[C@H]2[C@H](NC(C)=O)C(=O)N2C1C(=O)OCc1ccc(OC)cc1. The number of amides is 2. The van der Waals surface area contributed by atoms with Crippen molar-refractivity contribution >= 4 is 29.5 Å². The van der Waals surface area contributed by atoms with Crippen molar-refractivity contribution in [3.8, 4) is 5.75 Å². The number of hydrogen-bond acceptors (Lipinski definition) is 6. The predicted molar refractivity (Wildman–Crippen MR) is 96.4 cm³/mol. The van der Waals surface area contributed by atoms with E-state index in [2.05, 4.69) is 11.9 Å². The molecule has 7 nitrogen and oxygen atoms in total. The molecule has 0 aliphatic carbocycles. The van der Waals surface area contributed by atoms with Crippen LogP contribution in [0.5, 0.6) is 5.75 Å². The van der Waals surface area contributed by atoms with E-state index in [-0.39, 0.29) is 23.8 Å². The largest absolute Gasteiger partial charge is 0.497 e. The molecule has 0 saturated carbocycles. The number of esters is 1. The van der Waals surface area contributed by atoms with Crippen molar-refractivity contribution in [1.82, 2.24) is 10.2 Å². The molecular weight excluding hydrogens is 356 g/mol. The van der Waals surface area contributed by atoms with E-state index in [1.54, 1.807) is 19.2 Å². The first-order chi connectivity index (χ1) is 12.4. The van der Waals surface area contributed by atoms with Crippen molar-refractivity contribution in [2.45, 2.75) is 31.0 Å². The first-order valence-corrected chi connectivity index (χ1v) is 9.15. The van der Waals surface area contributed by atoms with Crippen LogP contribution in [0, 0.1) is 0 Å². The zero-order chi connectivity index (χ0) is 18.8. The average Bonchev–Trinajstić information content (AvgIpc) is 2.64. The molecule has 1 N–H and O–H groups in total. The van der Waals surface area contributed by atoms with Crippen LogP contribution in [0.3, 0.4) is 0 Å². The topological polar surface area (TPSA) is 84.9 Å². The van der Waals surface area contributed by atoms with Crippen LogP contribution < -0.4 is 10.1 Å². The predicted octanol–water partition coefficient (Wildman–Crippen LogP) is 1.08. The van der Waals surface area contributed by atoms with Crippen LogP contribution in [-0.2, 0) is 25.7 Å². The number of ether oxygens (including phenoxy) is 2. The monoisotopic (exact) mass is 376 g/mol. The van der Waals surface area contributed by atoms with E-state index in [0.29, 0.717) is 11.3 Å². The van der Waals surface area contributed by atoms with Gasteiger partial charge < -0.3 is 19.7 Å². The second-order valence-electron chi connectivity index (χ2n) is 6.14. The minimum atomic E-state index is -0.808. The second-order valence-corrected chi connectivity index (χ2v) is 7.25. The van der Waals surface area contributed by atoms with Crippen LogP contribution >= 0.6 is 11.8 Å². The Morgan fingerprint density at radius 3 is 2.65 bits per heavy atom. The summed E-state index contributed by atoms with van der Waals surface area (Å²) >= 11 is 1.48. The molecule has 0 aromatic heterocycles. The summed E-state index contributed by atoms with van der Waals surface area (Å²) in [6, 6.07) is 5.78. The molecule has 2 saturated heterocycles. The van der Waals surface area contributed by atoms with Crippen molar-refractivity contribution in [2.24, 2.45) is 0 Å². The highest BCUT2D eigenvalue weighted by Gasteiger charge is 2.56. The Bertz CT molecular complexity index is 748. The third-order valence-corrected chi connectivity index (χ3v) is 5.68. The molecule has 0 spiro atoms. The molecule has 3 rings (SSSR count). The Morgan fingerprint density at radius 2 is 2.04 bits per heavy atom. The molecule has 8 heteroatoms. The lowest BCUT2D eigenvalue weighted by molar-refractivity contribution is -0.164. The third-order valence-electron chi connectivity index (χ3n) is 4.31. The van der Waals surface area contributed by atoms with E-state index in [9.17, 15) is 14.4 Å². The Hall–Kier alpha value is -2.48. The van der Waals surface area contributed by atoms with Gasteiger partial charge in [0.25, 0.3) is 0 Å². The molecule has 1 unspecified atom stereocenters. The molecule has 1 aromatic carbocycles. The summed E-state index contributed by atoms with van der Waals surface area (Å²) in [6.07, 6.45) is 0. The van der Waals surface area contributed by atoms with Crippen molar-refractivity contribution in [2.75, 3.05) is 12.9 Å². The summed E-state index contributed by atoms with van der Waals surface area (Å²) < 4.78 is 10.5. The minimum absolute atomic E-state index is 0.0988. The number of thioether (sulfide) groups is 1. The number of carbonyl (C=O) groups excluding carboxylic acids is 3. The van der Waals surface area contributed by atoms with Gasteiger partial charge in [-0.1, -0.05) is 18.7 Å². The molecule has 2 fully saturated rings. The van der Waals surface area contributed by atoms with E-state index in [0.717, 1.165) is 11.3 Å². The van der Waals surface area contributed by atoms with Crippen LogP contribution in [-0.4, -0.2) is 53.0 Å². The van der Waals surface area contributed by atoms with Gasteiger partial charge in [-0.25, -0.2) is 4.79 Å². The standard InChI is InChI=1S/C18H20N2O5S/c1-10-9-26-17-14(19-11(2)21)16(22)20(17)15(10)18(23)25-8-12-4-6-13(24-3)7-5-12/h4-7,14-15,17H,1,8-9H2,2-3H3,(H,19,21)/t14-,15?,17+/m1/s1. The molecule has 26 heavy (non-hydrogen) atoms. The number of hydrogen-bond donors (Lipinski definition) is 1. The quantitative estimate of drug-likeness (QED) is 0.470. The first-order valence-electron chi connectivity index (χ1n) is 8.10. The van der Waals surface area contributed by atoms with Gasteiger partial charge in [0, 0.05) is 12.7 Å². The number of carbonyl (C=O) groups is 3. The molecule has 2 heterocycles. The van der Waals surface area contributed by atoms with Gasteiger partial charge in [-0.3, -0.25) is 9.59 Å². The van der Waals surface area contributed by atoms with E-state index >= 15 is 0 Å². The molecule has 2 aliphatic heterocycles. The van der Waals surface area contributed by atoms with E-state index in [1.165, 1.54) is 23.6 Å². The Balaban J connectivity index is 1.64. The van der Waals surface area contributed by atoms with E-state index in [1.807, 2.05) is 12.1 Å². The smallest absolute Gasteiger partial charge is 0.333 e. The summed E-state index contributed by atoms with van der Waals surface area (Å²) in [4.78, 5) is 37.6. The van der Waals surface area contributed by atoms with Gasteiger partial charge >= 0.3 is 5.97 Å². The number of methoxy groups -OCH3 is 1. The maximum absolute atomic E-state index is 12.6. The number of nitrogens with zero attached hydrogens (tertiary/aromatic N) is 1. The van der Waals surface area contributed by atoms with Gasteiger partial charge in [0.05, 0.1) is 7.11 Å². The highest BCUT2D eigenvalue weighted by molar-refractivity contribution is 8.00. The van der Waals surface area contributed by atoms with Gasteiger partial charge in [0.1, 0.15) is 23.8 Å². The fourth-order valence-corrected chi connectivity index (χ4v) is 4.30. The van der Waals surface area contributed by atoms with Crippen LogP contribution in [0.25, 0.3) is 0 Å². The fourth-order valence-electron chi connectivity index (χ4n) is 2.99. The van der Waals surface area contributed by atoms with Crippen molar-refractivity contribution < 1.29 is 23.9 Å². The number of fused-ring (bicyclic) bond motifs is 1. The van der Waals surface area contributed by atoms with E-state index in [4.69, 9.17) is 9.47 Å². The molecular formula is C18H20N2O5S. The van der Waals surface area contributed by atoms with Gasteiger partial charge in [-0.2, -0.15) is 0 Å². The Labute approximate surface area is 155 Å². The zero-order valence-corrected chi connectivity index (χ0v) is 15.4. The molecule has 0 bridgehead atoms. The number of benzene rings is 1. The van der Waals surface area contributed by atoms with Crippen LogP contribution in [0.2, 0.25) is 0 Å². The molecule has 2 aliphatic rings. The summed E-state index contributed by atoms with van der Waals surface area (Å²) in [5, 5.41) is 2.36. The zero-order valence-electron chi connectivity index (χ0n) is 14.6. The highest BCUT2D eigenvalue weighted by Crippen LogP contribution is 2.40. The Morgan fingerprint density at radius 1 is 1.35 bits per heavy atom. The van der Waals surface area contributed by atoms with Crippen molar-refractivity contribution in [3.05, 3.63) is 42.0 Å². The maximum Gasteiger partial charge on any atom is 0.333 e. The van der Waals surface area contributed by atoms with Gasteiger partial charge in [0.15, 0.2) is 6.04 Å². The lowest BCUT2D eigenvalue weighted by Gasteiger charge is -2.52. The fraction of sp³-hybridized carbons (Fsp3) is 0.389. The van der Waals surface area contributed by atoms with Crippen LogP contribution in [0.4, 0.5) is 0 Å². The highest BCUT2D eigenvalue weighted by atomic mass is 32.2. The summed E-state index contributed by atoms with van der Waals surface area (Å²) in [7, 11) is 1.58. The summed E-state index contributed by atoms with van der Waals surface area (Å²) in [5.41, 5.74) is 1.44.